The quantitative estimate of drug-likeness (QED) is 0.465. The lowest BCUT2D eigenvalue weighted by Gasteiger charge is -2.07. The number of nitrogens with zero attached hydrogens (tertiary/aromatic N) is 1. The van der Waals surface area contributed by atoms with Crippen LogP contribution in [-0.4, -0.2) is 29.2 Å². The van der Waals surface area contributed by atoms with Gasteiger partial charge in [-0.3, -0.25) is 15.2 Å². The van der Waals surface area contributed by atoms with Gasteiger partial charge in [-0.1, -0.05) is 24.4 Å². The largest absolute Gasteiger partial charge is 0.322 e. The minimum Gasteiger partial charge on any atom is -0.322 e. The van der Waals surface area contributed by atoms with Crippen LogP contribution in [0.4, 0.5) is 0 Å². The molecule has 0 fully saturated rings. The molecule has 0 heterocycles. The number of carbonyl (C=O) groups excluding carboxylic acids is 1. The van der Waals surface area contributed by atoms with E-state index in [0.717, 1.165) is 11.8 Å². The summed E-state index contributed by atoms with van der Waals surface area (Å²) < 4.78 is 0. The molecule has 0 aromatic heterocycles. The van der Waals surface area contributed by atoms with E-state index in [9.17, 15) is 4.79 Å². The molecular formula is C8H14N4OS. The maximum Gasteiger partial charge on any atom is 0.239 e. The standard InChI is InChI=1S/C8H14N4OS/c1-3-4-11-6(2)14-8(10)12-7(13)5-9/h3-4,6H,1,5,9H2,2H3,(H2,10,12,13). The zero-order chi connectivity index (χ0) is 11.0. The number of hydrogen-bond donors (Lipinski definition) is 3. The van der Waals surface area contributed by atoms with Crippen LogP contribution in [0.3, 0.4) is 0 Å². The number of amidine groups is 1. The van der Waals surface area contributed by atoms with Crippen LogP contribution in [0.2, 0.25) is 0 Å². The Balaban J connectivity index is 3.87. The van der Waals surface area contributed by atoms with Crippen molar-refractivity contribution < 1.29 is 4.79 Å². The Morgan fingerprint density at radius 1 is 1.86 bits per heavy atom. The van der Waals surface area contributed by atoms with E-state index in [-0.39, 0.29) is 23.0 Å². The molecule has 1 amide bonds. The highest BCUT2D eigenvalue weighted by Gasteiger charge is 2.06. The molecule has 0 aliphatic carbocycles. The van der Waals surface area contributed by atoms with E-state index in [0.29, 0.717) is 0 Å². The van der Waals surface area contributed by atoms with Crippen LogP contribution >= 0.6 is 11.8 Å². The van der Waals surface area contributed by atoms with E-state index in [1.807, 2.05) is 6.92 Å². The van der Waals surface area contributed by atoms with Crippen molar-refractivity contribution in [3.8, 4) is 0 Å². The van der Waals surface area contributed by atoms with Gasteiger partial charge in [0.2, 0.25) is 5.91 Å². The molecule has 0 saturated heterocycles. The number of thioether (sulfide) groups is 1. The molecule has 0 aromatic carbocycles. The number of aliphatic imine (C=N–C) groups is 1. The van der Waals surface area contributed by atoms with Crippen molar-refractivity contribution in [3.63, 3.8) is 0 Å². The van der Waals surface area contributed by atoms with Crippen molar-refractivity contribution in [3.05, 3.63) is 12.7 Å². The van der Waals surface area contributed by atoms with Crippen LogP contribution in [0.15, 0.2) is 17.6 Å². The Morgan fingerprint density at radius 3 is 3.00 bits per heavy atom. The maximum atomic E-state index is 10.8. The number of amides is 1. The van der Waals surface area contributed by atoms with Gasteiger partial charge in [0.15, 0.2) is 5.17 Å². The highest BCUT2D eigenvalue weighted by atomic mass is 32.2. The van der Waals surface area contributed by atoms with Crippen LogP contribution in [0.5, 0.6) is 0 Å². The third-order valence-corrected chi connectivity index (χ3v) is 1.93. The Hall–Kier alpha value is -1.14. The predicted molar refractivity (Wildman–Crippen MR) is 60.7 cm³/mol. The minimum atomic E-state index is -0.373. The summed E-state index contributed by atoms with van der Waals surface area (Å²) in [5.74, 6) is -0.373. The van der Waals surface area contributed by atoms with Crippen molar-refractivity contribution in [1.29, 1.82) is 5.41 Å². The summed E-state index contributed by atoms with van der Waals surface area (Å²) in [7, 11) is 0. The summed E-state index contributed by atoms with van der Waals surface area (Å²) in [6.07, 6.45) is 3.11. The van der Waals surface area contributed by atoms with E-state index in [4.69, 9.17) is 11.1 Å². The van der Waals surface area contributed by atoms with Crippen molar-refractivity contribution in [2.24, 2.45) is 10.7 Å². The maximum absolute atomic E-state index is 10.8. The van der Waals surface area contributed by atoms with Gasteiger partial charge in [-0.25, -0.2) is 0 Å². The molecule has 0 radical (unpaired) electrons. The summed E-state index contributed by atoms with van der Waals surface area (Å²) in [6.45, 7) is 5.17. The molecule has 5 nitrogen and oxygen atoms in total. The highest BCUT2D eigenvalue weighted by molar-refractivity contribution is 8.14. The van der Waals surface area contributed by atoms with Crippen molar-refractivity contribution in [1.82, 2.24) is 5.32 Å². The van der Waals surface area contributed by atoms with E-state index < -0.39 is 0 Å². The second-order valence-electron chi connectivity index (χ2n) is 2.33. The summed E-state index contributed by atoms with van der Waals surface area (Å²) in [4.78, 5) is 14.8. The van der Waals surface area contributed by atoms with Crippen molar-refractivity contribution in [2.75, 3.05) is 6.54 Å². The SMILES string of the molecule is C=CC=NC(C)SC(=N)NC(=O)CN. The van der Waals surface area contributed by atoms with Gasteiger partial charge in [0.05, 0.1) is 11.9 Å². The van der Waals surface area contributed by atoms with Crippen LogP contribution in [0, 0.1) is 5.41 Å². The summed E-state index contributed by atoms with van der Waals surface area (Å²) in [5.41, 5.74) is 5.07. The Kier molecular flexibility index (Phi) is 6.69. The summed E-state index contributed by atoms with van der Waals surface area (Å²) >= 11 is 1.13. The lowest BCUT2D eigenvalue weighted by atomic mass is 10.6. The molecule has 0 aliphatic rings. The third kappa shape index (κ3) is 6.38. The minimum absolute atomic E-state index is 0.0502. The molecule has 0 aliphatic heterocycles. The van der Waals surface area contributed by atoms with Gasteiger partial charge >= 0.3 is 0 Å². The first-order valence-electron chi connectivity index (χ1n) is 3.99. The van der Waals surface area contributed by atoms with Gasteiger partial charge in [-0.05, 0) is 6.92 Å². The van der Waals surface area contributed by atoms with Gasteiger partial charge in [0.1, 0.15) is 0 Å². The molecule has 0 rings (SSSR count). The van der Waals surface area contributed by atoms with Gasteiger partial charge < -0.3 is 11.1 Å². The first-order chi connectivity index (χ1) is 6.60. The number of allylic oxidation sites excluding steroid dienone is 1. The number of rotatable bonds is 4. The molecular weight excluding hydrogens is 200 g/mol. The topological polar surface area (TPSA) is 91.3 Å². The monoisotopic (exact) mass is 214 g/mol. The Bertz CT molecular complexity index is 252. The normalized spacial score (nSPS) is 12.4. The van der Waals surface area contributed by atoms with E-state index in [2.05, 4.69) is 16.9 Å². The number of nitrogens with one attached hydrogen (secondary N) is 2. The zero-order valence-electron chi connectivity index (χ0n) is 7.99. The highest BCUT2D eigenvalue weighted by Crippen LogP contribution is 2.10. The van der Waals surface area contributed by atoms with Gasteiger partial charge in [0.25, 0.3) is 0 Å². The first-order valence-corrected chi connectivity index (χ1v) is 4.87. The molecule has 0 bridgehead atoms. The van der Waals surface area contributed by atoms with E-state index >= 15 is 0 Å². The summed E-state index contributed by atoms with van der Waals surface area (Å²) in [6, 6.07) is 0. The lowest BCUT2D eigenvalue weighted by Crippen LogP contribution is -2.33. The number of carbonyl (C=O) groups is 1. The number of hydrogen-bond acceptors (Lipinski definition) is 5. The molecule has 0 spiro atoms. The molecule has 14 heavy (non-hydrogen) atoms. The fourth-order valence-corrected chi connectivity index (χ4v) is 1.24. The predicted octanol–water partition coefficient (Wildman–Crippen LogP) is 0.332. The smallest absolute Gasteiger partial charge is 0.239 e. The molecule has 4 N–H and O–H groups in total. The van der Waals surface area contributed by atoms with Crippen molar-refractivity contribution >= 4 is 29.1 Å². The van der Waals surface area contributed by atoms with Crippen LogP contribution < -0.4 is 11.1 Å². The average molecular weight is 214 g/mol. The fourth-order valence-electron chi connectivity index (χ4n) is 0.590. The molecule has 1 unspecified atom stereocenters. The number of nitrogens with two attached hydrogens (primary N) is 1. The van der Waals surface area contributed by atoms with Crippen molar-refractivity contribution in [2.45, 2.75) is 12.3 Å². The Labute approximate surface area is 87.4 Å². The zero-order valence-corrected chi connectivity index (χ0v) is 8.80. The lowest BCUT2D eigenvalue weighted by molar-refractivity contribution is -0.118. The average Bonchev–Trinajstić information content (AvgIpc) is 2.14. The fraction of sp³-hybridized carbons (Fsp3) is 0.375. The van der Waals surface area contributed by atoms with E-state index in [1.54, 1.807) is 12.3 Å². The van der Waals surface area contributed by atoms with Crippen LogP contribution in [0.1, 0.15) is 6.92 Å². The van der Waals surface area contributed by atoms with E-state index in [1.165, 1.54) is 0 Å². The van der Waals surface area contributed by atoms with Crippen LogP contribution in [-0.2, 0) is 4.79 Å². The van der Waals surface area contributed by atoms with Gasteiger partial charge in [-0.2, -0.15) is 0 Å². The Morgan fingerprint density at radius 2 is 2.50 bits per heavy atom. The molecule has 0 saturated carbocycles. The third-order valence-electron chi connectivity index (χ3n) is 1.13. The molecule has 0 aromatic rings. The molecule has 78 valence electrons. The second kappa shape index (κ2) is 7.28. The van der Waals surface area contributed by atoms with Crippen LogP contribution in [0.25, 0.3) is 0 Å². The molecule has 6 heteroatoms. The second-order valence-corrected chi connectivity index (χ2v) is 3.66. The first kappa shape index (κ1) is 12.9. The van der Waals surface area contributed by atoms with Gasteiger partial charge in [0, 0.05) is 6.21 Å². The molecule has 1 atom stereocenters. The summed E-state index contributed by atoms with van der Waals surface area (Å²) in [5, 5.41) is 9.61. The van der Waals surface area contributed by atoms with Gasteiger partial charge in [-0.15, -0.1) is 0 Å².